The molecule has 4 nitrogen and oxygen atoms in total. The normalized spacial score (nSPS) is 10.9. The molecule has 2 aromatic carbocycles. The summed E-state index contributed by atoms with van der Waals surface area (Å²) in [4.78, 5) is 11.8. The van der Waals surface area contributed by atoms with E-state index in [1.807, 2.05) is 12.1 Å². The summed E-state index contributed by atoms with van der Waals surface area (Å²) >= 11 is 12.3. The lowest BCUT2D eigenvalue weighted by Crippen LogP contribution is -2.17. The number of phenols is 1. The van der Waals surface area contributed by atoms with E-state index >= 15 is 0 Å². The molecule has 2 N–H and O–H groups in total. The lowest BCUT2D eigenvalue weighted by atomic mass is 10.1. The number of hydrogen-bond donors (Lipinski definition) is 2. The number of aryl methyl sites for hydroxylation is 1. The Balaban J connectivity index is 1.85. The second kappa shape index (κ2) is 8.47. The highest BCUT2D eigenvalue weighted by molar-refractivity contribution is 9.11. The molecule has 7 heteroatoms. The van der Waals surface area contributed by atoms with Crippen LogP contribution in [-0.2, 0) is 11.2 Å². The summed E-state index contributed by atoms with van der Waals surface area (Å²) in [5.41, 5.74) is 4.25. The molecule has 0 bridgehead atoms. The third-order valence-electron chi connectivity index (χ3n) is 3.00. The van der Waals surface area contributed by atoms with Gasteiger partial charge in [0.05, 0.1) is 15.2 Å². The molecule has 1 amide bonds. The van der Waals surface area contributed by atoms with Crippen LogP contribution in [0.2, 0.25) is 5.02 Å². The van der Waals surface area contributed by atoms with Crippen molar-refractivity contribution in [2.24, 2.45) is 5.10 Å². The third kappa shape index (κ3) is 5.64. The minimum absolute atomic E-state index is 0.120. The van der Waals surface area contributed by atoms with Crippen LogP contribution in [0.4, 0.5) is 0 Å². The molecule has 120 valence electrons. The number of amides is 1. The number of halogens is 3. The molecule has 0 heterocycles. The van der Waals surface area contributed by atoms with E-state index in [-0.39, 0.29) is 11.7 Å². The Hall–Kier alpha value is -1.37. The summed E-state index contributed by atoms with van der Waals surface area (Å²) in [6, 6.07) is 10.8. The van der Waals surface area contributed by atoms with Crippen molar-refractivity contribution in [3.8, 4) is 5.75 Å². The van der Waals surface area contributed by atoms with Crippen LogP contribution in [0.3, 0.4) is 0 Å². The maximum absolute atomic E-state index is 11.8. The summed E-state index contributed by atoms with van der Waals surface area (Å²) in [6.07, 6.45) is 2.46. The predicted molar refractivity (Wildman–Crippen MR) is 99.0 cm³/mol. The molecular formula is C16H13Br2ClN2O2. The maximum atomic E-state index is 11.8. The second-order valence-corrected chi connectivity index (χ2v) is 6.90. The van der Waals surface area contributed by atoms with E-state index in [1.165, 1.54) is 6.21 Å². The molecular weight excluding hydrogens is 447 g/mol. The topological polar surface area (TPSA) is 61.7 Å². The molecule has 0 fully saturated rings. The molecule has 0 aliphatic carbocycles. The summed E-state index contributed by atoms with van der Waals surface area (Å²) in [7, 11) is 0. The van der Waals surface area contributed by atoms with Crippen LogP contribution in [0.5, 0.6) is 5.75 Å². The van der Waals surface area contributed by atoms with Gasteiger partial charge < -0.3 is 5.11 Å². The van der Waals surface area contributed by atoms with Crippen LogP contribution >= 0.6 is 43.5 Å². The molecule has 0 aliphatic rings. The van der Waals surface area contributed by atoms with Crippen molar-refractivity contribution in [3.63, 3.8) is 0 Å². The molecule has 0 unspecified atom stereocenters. The van der Waals surface area contributed by atoms with Crippen LogP contribution in [0.15, 0.2) is 50.4 Å². The zero-order chi connectivity index (χ0) is 16.8. The SMILES string of the molecule is O=C(CCc1ccc(Cl)cc1)N/N=C\c1cc(Br)c(O)c(Br)c1. The van der Waals surface area contributed by atoms with Gasteiger partial charge in [-0.1, -0.05) is 23.7 Å². The first-order chi connectivity index (χ1) is 11.0. The standard InChI is InChI=1S/C16H13Br2ClN2O2/c17-13-7-11(8-14(18)16(13)23)9-20-21-15(22)6-3-10-1-4-12(19)5-2-10/h1-2,4-5,7-9,23H,3,6H2,(H,21,22)/b20-9-. The Morgan fingerprint density at radius 3 is 2.43 bits per heavy atom. The highest BCUT2D eigenvalue weighted by atomic mass is 79.9. The molecule has 0 radical (unpaired) electrons. The fraction of sp³-hybridized carbons (Fsp3) is 0.125. The fourth-order valence-electron chi connectivity index (χ4n) is 1.80. The average Bonchev–Trinajstić information content (AvgIpc) is 2.52. The molecule has 0 aliphatic heterocycles. The summed E-state index contributed by atoms with van der Waals surface area (Å²) in [6.45, 7) is 0. The molecule has 2 rings (SSSR count). The number of hydrogen-bond acceptors (Lipinski definition) is 3. The van der Waals surface area contributed by atoms with E-state index in [4.69, 9.17) is 11.6 Å². The molecule has 2 aromatic rings. The molecule has 23 heavy (non-hydrogen) atoms. The Morgan fingerprint density at radius 1 is 1.22 bits per heavy atom. The Bertz CT molecular complexity index is 710. The molecule has 0 atom stereocenters. The predicted octanol–water partition coefficient (Wildman–Crippen LogP) is 4.65. The van der Waals surface area contributed by atoms with Crippen molar-refractivity contribution in [3.05, 3.63) is 61.5 Å². The molecule has 0 spiro atoms. The number of hydrazone groups is 1. The van der Waals surface area contributed by atoms with Gasteiger partial charge in [-0.2, -0.15) is 5.10 Å². The maximum Gasteiger partial charge on any atom is 0.240 e. The number of nitrogens with one attached hydrogen (secondary N) is 1. The molecule has 0 saturated heterocycles. The van der Waals surface area contributed by atoms with E-state index in [1.54, 1.807) is 24.3 Å². The van der Waals surface area contributed by atoms with Gasteiger partial charge in [-0.25, -0.2) is 5.43 Å². The highest BCUT2D eigenvalue weighted by Gasteiger charge is 2.05. The number of aromatic hydroxyl groups is 1. The Kier molecular flexibility index (Phi) is 6.62. The smallest absolute Gasteiger partial charge is 0.240 e. The zero-order valence-corrected chi connectivity index (χ0v) is 15.8. The van der Waals surface area contributed by atoms with Crippen molar-refractivity contribution >= 4 is 55.6 Å². The monoisotopic (exact) mass is 458 g/mol. The second-order valence-electron chi connectivity index (χ2n) is 4.75. The minimum atomic E-state index is -0.173. The van der Waals surface area contributed by atoms with Crippen LogP contribution in [0.25, 0.3) is 0 Å². The summed E-state index contributed by atoms with van der Waals surface area (Å²) in [5.74, 6) is -0.0535. The van der Waals surface area contributed by atoms with E-state index in [0.717, 1.165) is 11.1 Å². The van der Waals surface area contributed by atoms with Gasteiger partial charge in [-0.3, -0.25) is 4.79 Å². The van der Waals surface area contributed by atoms with Crippen LogP contribution in [0.1, 0.15) is 17.5 Å². The quantitative estimate of drug-likeness (QED) is 0.504. The lowest BCUT2D eigenvalue weighted by Gasteiger charge is -2.03. The van der Waals surface area contributed by atoms with E-state index < -0.39 is 0 Å². The number of carbonyl (C=O) groups is 1. The third-order valence-corrected chi connectivity index (χ3v) is 4.46. The van der Waals surface area contributed by atoms with Gasteiger partial charge in [0.2, 0.25) is 5.91 Å². The van der Waals surface area contributed by atoms with E-state index in [0.29, 0.717) is 26.8 Å². The lowest BCUT2D eigenvalue weighted by molar-refractivity contribution is -0.121. The number of carbonyl (C=O) groups excluding carboxylic acids is 1. The van der Waals surface area contributed by atoms with Crippen LogP contribution in [-0.4, -0.2) is 17.2 Å². The Morgan fingerprint density at radius 2 is 1.83 bits per heavy atom. The van der Waals surface area contributed by atoms with Gasteiger partial charge in [0, 0.05) is 11.4 Å². The Labute approximate surface area is 155 Å². The van der Waals surface area contributed by atoms with Gasteiger partial charge in [-0.05, 0) is 73.7 Å². The van der Waals surface area contributed by atoms with Gasteiger partial charge >= 0.3 is 0 Å². The zero-order valence-electron chi connectivity index (χ0n) is 11.9. The highest BCUT2D eigenvalue weighted by Crippen LogP contribution is 2.32. The number of rotatable bonds is 5. The van der Waals surface area contributed by atoms with Gasteiger partial charge in [0.15, 0.2) is 0 Å². The summed E-state index contributed by atoms with van der Waals surface area (Å²) in [5, 5.41) is 14.2. The minimum Gasteiger partial charge on any atom is -0.506 e. The van der Waals surface area contributed by atoms with Crippen molar-refractivity contribution in [2.75, 3.05) is 0 Å². The van der Waals surface area contributed by atoms with Gasteiger partial charge in [0.1, 0.15) is 5.75 Å². The van der Waals surface area contributed by atoms with Crippen LogP contribution < -0.4 is 5.43 Å². The van der Waals surface area contributed by atoms with Crippen molar-refractivity contribution in [1.82, 2.24) is 5.43 Å². The van der Waals surface area contributed by atoms with Crippen molar-refractivity contribution < 1.29 is 9.90 Å². The fourth-order valence-corrected chi connectivity index (χ4v) is 3.15. The average molecular weight is 461 g/mol. The number of phenolic OH excluding ortho intramolecular Hbond substituents is 1. The van der Waals surface area contributed by atoms with Gasteiger partial charge in [0.25, 0.3) is 0 Å². The van der Waals surface area contributed by atoms with E-state index in [9.17, 15) is 9.90 Å². The number of benzene rings is 2. The first-order valence-corrected chi connectivity index (χ1v) is 8.66. The first-order valence-electron chi connectivity index (χ1n) is 6.70. The first kappa shape index (κ1) is 18.0. The van der Waals surface area contributed by atoms with E-state index in [2.05, 4.69) is 42.4 Å². The number of nitrogens with zero attached hydrogens (tertiary/aromatic N) is 1. The summed E-state index contributed by atoms with van der Waals surface area (Å²) < 4.78 is 1.09. The largest absolute Gasteiger partial charge is 0.506 e. The van der Waals surface area contributed by atoms with Crippen molar-refractivity contribution in [1.29, 1.82) is 0 Å². The van der Waals surface area contributed by atoms with Crippen molar-refractivity contribution in [2.45, 2.75) is 12.8 Å². The van der Waals surface area contributed by atoms with Crippen LogP contribution in [0, 0.1) is 0 Å². The molecule has 0 aromatic heterocycles. The molecule has 0 saturated carbocycles. The van der Waals surface area contributed by atoms with Gasteiger partial charge in [-0.15, -0.1) is 0 Å².